The van der Waals surface area contributed by atoms with Gasteiger partial charge in [-0.3, -0.25) is 0 Å². The summed E-state index contributed by atoms with van der Waals surface area (Å²) in [6, 6.07) is 7.94. The highest BCUT2D eigenvalue weighted by atomic mass is 32.1. The zero-order valence-corrected chi connectivity index (χ0v) is 13.3. The van der Waals surface area contributed by atoms with Crippen molar-refractivity contribution in [3.8, 4) is 0 Å². The first-order valence-corrected chi connectivity index (χ1v) is 8.18. The van der Waals surface area contributed by atoms with Crippen LogP contribution in [0.4, 0.5) is 5.82 Å². The number of aromatic nitrogens is 4. The van der Waals surface area contributed by atoms with E-state index in [1.807, 2.05) is 24.3 Å². The van der Waals surface area contributed by atoms with Crippen LogP contribution in [0.2, 0.25) is 0 Å². The van der Waals surface area contributed by atoms with Crippen molar-refractivity contribution < 1.29 is 0 Å². The summed E-state index contributed by atoms with van der Waals surface area (Å²) in [4.78, 5) is 21.6. The number of anilines is 1. The molecule has 0 bridgehead atoms. The maximum absolute atomic E-state index is 4.76. The molecule has 0 radical (unpaired) electrons. The molecule has 0 fully saturated rings. The van der Waals surface area contributed by atoms with Gasteiger partial charge in [-0.25, -0.2) is 19.9 Å². The lowest BCUT2D eigenvalue weighted by atomic mass is 10.3. The predicted octanol–water partition coefficient (Wildman–Crippen LogP) is 3.63. The third kappa shape index (κ3) is 1.91. The smallest absolute Gasteiger partial charge is 0.150 e. The first-order valence-electron chi connectivity index (χ1n) is 7.36. The van der Waals surface area contributed by atoms with Crippen molar-refractivity contribution in [1.29, 1.82) is 0 Å². The van der Waals surface area contributed by atoms with Crippen molar-refractivity contribution in [3.63, 3.8) is 0 Å². The Morgan fingerprint density at radius 2 is 1.68 bits per heavy atom. The summed E-state index contributed by atoms with van der Waals surface area (Å²) in [5, 5.41) is 0. The minimum absolute atomic E-state index is 0.870. The highest BCUT2D eigenvalue weighted by molar-refractivity contribution is 7.25. The third-order valence-electron chi connectivity index (χ3n) is 3.81. The summed E-state index contributed by atoms with van der Waals surface area (Å²) in [7, 11) is 0. The van der Waals surface area contributed by atoms with E-state index in [0.29, 0.717) is 0 Å². The van der Waals surface area contributed by atoms with Gasteiger partial charge in [-0.1, -0.05) is 12.1 Å². The van der Waals surface area contributed by atoms with Crippen LogP contribution in [0.25, 0.3) is 31.6 Å². The summed E-state index contributed by atoms with van der Waals surface area (Å²) in [5.74, 6) is 0.976. The molecule has 110 valence electrons. The summed E-state index contributed by atoms with van der Waals surface area (Å²) < 4.78 is 1.07. The van der Waals surface area contributed by atoms with Gasteiger partial charge >= 0.3 is 0 Å². The average molecular weight is 309 g/mol. The quantitative estimate of drug-likeness (QED) is 0.578. The van der Waals surface area contributed by atoms with Crippen LogP contribution in [-0.2, 0) is 0 Å². The molecule has 22 heavy (non-hydrogen) atoms. The largest absolute Gasteiger partial charge is 0.356 e. The normalized spacial score (nSPS) is 11.5. The summed E-state index contributed by atoms with van der Waals surface area (Å²) >= 11 is 1.62. The fourth-order valence-electron chi connectivity index (χ4n) is 2.68. The Balaban J connectivity index is 2.08. The molecule has 0 unspecified atom stereocenters. The SMILES string of the molecule is CCN(CC)c1ncnc2c1sc1nc3ccccc3nc12. The molecule has 0 saturated heterocycles. The number of benzene rings is 1. The summed E-state index contributed by atoms with van der Waals surface area (Å²) in [5.41, 5.74) is 3.58. The average Bonchev–Trinajstić information content (AvgIpc) is 2.92. The number of nitrogens with zero attached hydrogens (tertiary/aromatic N) is 5. The third-order valence-corrected chi connectivity index (χ3v) is 4.87. The molecule has 3 heterocycles. The molecule has 1 aromatic carbocycles. The van der Waals surface area contributed by atoms with E-state index < -0.39 is 0 Å². The molecule has 0 amide bonds. The van der Waals surface area contributed by atoms with E-state index >= 15 is 0 Å². The minimum atomic E-state index is 0.870. The van der Waals surface area contributed by atoms with Gasteiger partial charge in [0.25, 0.3) is 0 Å². The van der Waals surface area contributed by atoms with E-state index in [-0.39, 0.29) is 0 Å². The first kappa shape index (κ1) is 13.3. The molecule has 0 spiro atoms. The van der Waals surface area contributed by atoms with Gasteiger partial charge in [0.15, 0.2) is 0 Å². The lowest BCUT2D eigenvalue weighted by Gasteiger charge is -2.19. The lowest BCUT2D eigenvalue weighted by molar-refractivity contribution is 0.850. The van der Waals surface area contributed by atoms with E-state index in [4.69, 9.17) is 9.97 Å². The van der Waals surface area contributed by atoms with Gasteiger partial charge in [0.2, 0.25) is 0 Å². The van der Waals surface area contributed by atoms with Gasteiger partial charge in [-0.15, -0.1) is 11.3 Å². The van der Waals surface area contributed by atoms with Crippen LogP contribution in [0.3, 0.4) is 0 Å². The Hall–Kier alpha value is -2.34. The molecule has 0 atom stereocenters. The van der Waals surface area contributed by atoms with Crippen LogP contribution in [0.15, 0.2) is 30.6 Å². The Kier molecular flexibility index (Phi) is 3.11. The van der Waals surface area contributed by atoms with Gasteiger partial charge in [-0.05, 0) is 26.0 Å². The molecular formula is C16H15N5S. The Morgan fingerprint density at radius 3 is 2.41 bits per heavy atom. The lowest BCUT2D eigenvalue weighted by Crippen LogP contribution is -2.23. The number of hydrogen-bond acceptors (Lipinski definition) is 6. The minimum Gasteiger partial charge on any atom is -0.356 e. The molecule has 0 saturated carbocycles. The second-order valence-corrected chi connectivity index (χ2v) is 6.01. The Morgan fingerprint density at radius 1 is 0.955 bits per heavy atom. The van der Waals surface area contributed by atoms with Crippen LogP contribution < -0.4 is 4.90 Å². The van der Waals surface area contributed by atoms with E-state index in [1.165, 1.54) is 0 Å². The predicted molar refractivity (Wildman–Crippen MR) is 91.6 cm³/mol. The van der Waals surface area contributed by atoms with E-state index in [2.05, 4.69) is 28.7 Å². The molecule has 0 aliphatic carbocycles. The number of para-hydroxylation sites is 2. The highest BCUT2D eigenvalue weighted by Crippen LogP contribution is 2.35. The number of hydrogen-bond donors (Lipinski definition) is 0. The molecule has 0 aliphatic rings. The molecule has 0 aliphatic heterocycles. The fraction of sp³-hybridized carbons (Fsp3) is 0.250. The second kappa shape index (κ2) is 5.14. The van der Waals surface area contributed by atoms with Crippen molar-refractivity contribution in [2.75, 3.05) is 18.0 Å². The van der Waals surface area contributed by atoms with Crippen molar-refractivity contribution in [3.05, 3.63) is 30.6 Å². The second-order valence-electron chi connectivity index (χ2n) is 5.02. The van der Waals surface area contributed by atoms with Crippen molar-refractivity contribution in [2.45, 2.75) is 13.8 Å². The zero-order chi connectivity index (χ0) is 15.1. The topological polar surface area (TPSA) is 54.8 Å². The van der Waals surface area contributed by atoms with E-state index in [9.17, 15) is 0 Å². The van der Waals surface area contributed by atoms with Gasteiger partial charge in [0.05, 0.1) is 15.7 Å². The first-order chi connectivity index (χ1) is 10.8. The van der Waals surface area contributed by atoms with Gasteiger partial charge in [-0.2, -0.15) is 0 Å². The van der Waals surface area contributed by atoms with E-state index in [0.717, 1.165) is 50.5 Å². The molecular weight excluding hydrogens is 294 g/mol. The van der Waals surface area contributed by atoms with Crippen LogP contribution in [0, 0.1) is 0 Å². The number of fused-ring (bicyclic) bond motifs is 4. The van der Waals surface area contributed by atoms with Crippen molar-refractivity contribution >= 4 is 48.8 Å². The van der Waals surface area contributed by atoms with Gasteiger partial charge < -0.3 is 4.90 Å². The number of thiophene rings is 1. The fourth-order valence-corrected chi connectivity index (χ4v) is 3.78. The van der Waals surface area contributed by atoms with Gasteiger partial charge in [0, 0.05) is 13.1 Å². The molecule has 4 rings (SSSR count). The number of rotatable bonds is 3. The molecule has 3 aromatic heterocycles. The van der Waals surface area contributed by atoms with E-state index in [1.54, 1.807) is 17.7 Å². The monoisotopic (exact) mass is 309 g/mol. The maximum atomic E-state index is 4.76. The Labute approximate surface area is 131 Å². The van der Waals surface area contributed by atoms with Crippen molar-refractivity contribution in [2.24, 2.45) is 0 Å². The zero-order valence-electron chi connectivity index (χ0n) is 12.4. The van der Waals surface area contributed by atoms with Gasteiger partial charge in [0.1, 0.15) is 28.0 Å². The standard InChI is InChI=1S/C16H15N5S/c1-3-21(4-2)15-14-12(17-9-18-15)13-16(22-14)20-11-8-6-5-7-10(11)19-13/h5-9H,3-4H2,1-2H3. The molecule has 6 heteroatoms. The summed E-state index contributed by atoms with van der Waals surface area (Å²) in [6.45, 7) is 6.10. The molecule has 4 aromatic rings. The molecule has 0 N–H and O–H groups in total. The highest BCUT2D eigenvalue weighted by Gasteiger charge is 2.16. The summed E-state index contributed by atoms with van der Waals surface area (Å²) in [6.07, 6.45) is 1.62. The van der Waals surface area contributed by atoms with Crippen LogP contribution in [0.5, 0.6) is 0 Å². The molecule has 5 nitrogen and oxygen atoms in total. The van der Waals surface area contributed by atoms with Crippen molar-refractivity contribution in [1.82, 2.24) is 19.9 Å². The van der Waals surface area contributed by atoms with Crippen LogP contribution in [0.1, 0.15) is 13.8 Å². The van der Waals surface area contributed by atoms with Crippen LogP contribution in [-0.4, -0.2) is 33.0 Å². The Bertz CT molecular complexity index is 974. The van der Waals surface area contributed by atoms with Crippen LogP contribution >= 0.6 is 11.3 Å². The maximum Gasteiger partial charge on any atom is 0.150 e.